The summed E-state index contributed by atoms with van der Waals surface area (Å²) in [5.41, 5.74) is 0.497. The van der Waals surface area contributed by atoms with Crippen LogP contribution < -0.4 is 5.32 Å². The molecule has 0 heterocycles. The molecular weight excluding hydrogens is 422 g/mol. The van der Waals surface area contributed by atoms with Gasteiger partial charge in [-0.05, 0) is 37.3 Å². The van der Waals surface area contributed by atoms with Gasteiger partial charge < -0.3 is 10.1 Å². The minimum absolute atomic E-state index is 0.0517. The maximum Gasteiger partial charge on any atom is 0.342 e. The van der Waals surface area contributed by atoms with Crippen molar-refractivity contribution in [3.8, 4) is 6.07 Å². The van der Waals surface area contributed by atoms with E-state index in [0.717, 1.165) is 0 Å². The fourth-order valence-corrected chi connectivity index (χ4v) is 2.82. The third-order valence-electron chi connectivity index (χ3n) is 3.26. The first-order chi connectivity index (χ1) is 12.2. The van der Waals surface area contributed by atoms with Gasteiger partial charge in [-0.3, -0.25) is 4.79 Å². The Labute approximate surface area is 169 Å². The molecule has 134 valence electrons. The number of amides is 1. The van der Waals surface area contributed by atoms with E-state index in [1.165, 1.54) is 37.3 Å². The van der Waals surface area contributed by atoms with Crippen molar-refractivity contribution in [2.45, 2.75) is 13.0 Å². The van der Waals surface area contributed by atoms with E-state index in [1.807, 2.05) is 6.07 Å². The Bertz CT molecular complexity index is 925. The molecule has 26 heavy (non-hydrogen) atoms. The molecule has 0 spiro atoms. The van der Waals surface area contributed by atoms with Crippen molar-refractivity contribution in [2.75, 3.05) is 5.32 Å². The third-order valence-corrected chi connectivity index (χ3v) is 4.69. The first-order valence-corrected chi connectivity index (χ1v) is 8.60. The summed E-state index contributed by atoms with van der Waals surface area (Å²) in [6.45, 7) is 1.38. The van der Waals surface area contributed by atoms with Crippen LogP contribution in [-0.2, 0) is 9.53 Å². The minimum atomic E-state index is -1.15. The molecule has 1 N–H and O–H groups in total. The number of ether oxygens (including phenoxy) is 1. The lowest BCUT2D eigenvalue weighted by Crippen LogP contribution is -2.30. The van der Waals surface area contributed by atoms with Gasteiger partial charge in [0.05, 0.1) is 31.2 Å². The molecule has 0 fully saturated rings. The maximum absolute atomic E-state index is 12.3. The number of halogens is 4. The molecule has 0 saturated carbocycles. The zero-order valence-corrected chi connectivity index (χ0v) is 16.2. The van der Waals surface area contributed by atoms with Crippen LogP contribution in [0.1, 0.15) is 22.8 Å². The van der Waals surface area contributed by atoms with Crippen molar-refractivity contribution in [1.82, 2.24) is 0 Å². The van der Waals surface area contributed by atoms with Crippen molar-refractivity contribution in [2.24, 2.45) is 0 Å². The molecule has 0 aliphatic rings. The van der Waals surface area contributed by atoms with Gasteiger partial charge in [-0.2, -0.15) is 5.26 Å². The fraction of sp³-hybridized carbons (Fsp3) is 0.118. The SMILES string of the molecule is CC(OC(=O)c1c(Cl)ccc(Cl)c1Cl)C(=O)Nc1ccc(C#N)c(Cl)c1. The highest BCUT2D eigenvalue weighted by molar-refractivity contribution is 6.46. The molecule has 0 bridgehead atoms. The minimum Gasteiger partial charge on any atom is -0.449 e. The Kier molecular flexibility index (Phi) is 6.74. The molecule has 0 aromatic heterocycles. The Morgan fingerprint density at radius 1 is 1.08 bits per heavy atom. The zero-order valence-electron chi connectivity index (χ0n) is 13.1. The van der Waals surface area contributed by atoms with Gasteiger partial charge in [0.25, 0.3) is 5.91 Å². The molecule has 1 atom stereocenters. The normalized spacial score (nSPS) is 11.4. The van der Waals surface area contributed by atoms with E-state index in [4.69, 9.17) is 56.4 Å². The average Bonchev–Trinajstić information content (AvgIpc) is 2.58. The smallest absolute Gasteiger partial charge is 0.342 e. The number of anilines is 1. The first-order valence-electron chi connectivity index (χ1n) is 7.09. The second kappa shape index (κ2) is 8.61. The molecule has 2 aromatic rings. The second-order valence-electron chi connectivity index (χ2n) is 5.06. The van der Waals surface area contributed by atoms with E-state index in [2.05, 4.69) is 5.32 Å². The molecule has 2 rings (SSSR count). The summed E-state index contributed by atoms with van der Waals surface area (Å²) >= 11 is 23.7. The number of nitriles is 1. The van der Waals surface area contributed by atoms with Crippen LogP contribution in [0.5, 0.6) is 0 Å². The molecule has 9 heteroatoms. The average molecular weight is 432 g/mol. The number of carbonyl (C=O) groups excluding carboxylic acids is 2. The largest absolute Gasteiger partial charge is 0.449 e. The van der Waals surface area contributed by atoms with E-state index >= 15 is 0 Å². The first kappa shape index (κ1) is 20.3. The number of carbonyl (C=O) groups is 2. The zero-order chi connectivity index (χ0) is 19.4. The van der Waals surface area contributed by atoms with Gasteiger partial charge >= 0.3 is 5.97 Å². The Hall–Kier alpha value is -1.97. The van der Waals surface area contributed by atoms with Gasteiger partial charge in [0.1, 0.15) is 6.07 Å². The molecule has 0 saturated heterocycles. The lowest BCUT2D eigenvalue weighted by Gasteiger charge is -2.15. The molecular formula is C17H10Cl4N2O3. The van der Waals surface area contributed by atoms with E-state index in [1.54, 1.807) is 0 Å². The van der Waals surface area contributed by atoms with Crippen molar-refractivity contribution >= 4 is 64.0 Å². The van der Waals surface area contributed by atoms with E-state index in [0.29, 0.717) is 5.69 Å². The maximum atomic E-state index is 12.3. The van der Waals surface area contributed by atoms with Crippen LogP contribution in [0.3, 0.4) is 0 Å². The second-order valence-corrected chi connectivity index (χ2v) is 6.66. The van der Waals surface area contributed by atoms with Gasteiger partial charge in [0.2, 0.25) is 0 Å². The topological polar surface area (TPSA) is 79.2 Å². The number of benzene rings is 2. The quantitative estimate of drug-likeness (QED) is 0.522. The molecule has 0 radical (unpaired) electrons. The van der Waals surface area contributed by atoms with Crippen LogP contribution in [0.2, 0.25) is 20.1 Å². The van der Waals surface area contributed by atoms with Crippen LogP contribution >= 0.6 is 46.4 Å². The summed E-state index contributed by atoms with van der Waals surface area (Å²) in [4.78, 5) is 24.4. The van der Waals surface area contributed by atoms with Crippen LogP contribution in [0.25, 0.3) is 0 Å². The number of nitrogens with zero attached hydrogens (tertiary/aromatic N) is 1. The molecule has 0 aliphatic heterocycles. The van der Waals surface area contributed by atoms with Crippen LogP contribution in [0, 0.1) is 11.3 Å². The Balaban J connectivity index is 2.10. The predicted molar refractivity (Wildman–Crippen MR) is 101 cm³/mol. The van der Waals surface area contributed by atoms with E-state index < -0.39 is 18.0 Å². The van der Waals surface area contributed by atoms with Crippen molar-refractivity contribution < 1.29 is 14.3 Å². The monoisotopic (exact) mass is 430 g/mol. The van der Waals surface area contributed by atoms with Gasteiger partial charge in [-0.25, -0.2) is 4.79 Å². The van der Waals surface area contributed by atoms with Crippen LogP contribution in [0.15, 0.2) is 30.3 Å². The lowest BCUT2D eigenvalue weighted by atomic mass is 10.2. The summed E-state index contributed by atoms with van der Waals surface area (Å²) in [5, 5.41) is 11.7. The van der Waals surface area contributed by atoms with Crippen molar-refractivity contribution in [1.29, 1.82) is 5.26 Å². The molecule has 0 aliphatic carbocycles. The van der Waals surface area contributed by atoms with Gasteiger partial charge in [-0.15, -0.1) is 0 Å². The molecule has 5 nitrogen and oxygen atoms in total. The highest BCUT2D eigenvalue weighted by atomic mass is 35.5. The van der Waals surface area contributed by atoms with Gasteiger partial charge in [0.15, 0.2) is 6.10 Å². The third kappa shape index (κ3) is 4.60. The molecule has 2 aromatic carbocycles. The van der Waals surface area contributed by atoms with Crippen molar-refractivity contribution in [3.05, 3.63) is 61.5 Å². The van der Waals surface area contributed by atoms with Gasteiger partial charge in [-0.1, -0.05) is 46.4 Å². The number of nitrogens with one attached hydrogen (secondary N) is 1. The van der Waals surface area contributed by atoms with E-state index in [-0.39, 0.29) is 31.2 Å². The summed E-state index contributed by atoms with van der Waals surface area (Å²) in [6, 6.07) is 9.12. The fourth-order valence-electron chi connectivity index (χ4n) is 1.91. The Morgan fingerprint density at radius 2 is 1.73 bits per heavy atom. The highest BCUT2D eigenvalue weighted by Crippen LogP contribution is 2.32. The molecule has 1 amide bonds. The number of hydrogen-bond donors (Lipinski definition) is 1. The number of hydrogen-bond acceptors (Lipinski definition) is 4. The number of rotatable bonds is 4. The Morgan fingerprint density at radius 3 is 2.35 bits per heavy atom. The summed E-state index contributed by atoms with van der Waals surface area (Å²) in [7, 11) is 0. The molecule has 1 unspecified atom stereocenters. The predicted octanol–water partition coefficient (Wildman–Crippen LogP) is 5.36. The standard InChI is InChI=1S/C17H10Cl4N2O3/c1-8(16(24)23-10-3-2-9(7-22)13(20)6-10)26-17(25)14-11(18)4-5-12(19)15(14)21/h2-6,8H,1H3,(H,23,24). The summed E-state index contributed by atoms with van der Waals surface area (Å²) in [6.07, 6.45) is -1.15. The van der Waals surface area contributed by atoms with Crippen LogP contribution in [0.4, 0.5) is 5.69 Å². The summed E-state index contributed by atoms with van der Waals surface area (Å²) in [5.74, 6) is -1.49. The lowest BCUT2D eigenvalue weighted by molar-refractivity contribution is -0.123. The number of esters is 1. The van der Waals surface area contributed by atoms with E-state index in [9.17, 15) is 9.59 Å². The van der Waals surface area contributed by atoms with Gasteiger partial charge in [0, 0.05) is 5.69 Å². The van der Waals surface area contributed by atoms with Crippen molar-refractivity contribution in [3.63, 3.8) is 0 Å². The highest BCUT2D eigenvalue weighted by Gasteiger charge is 2.24. The van der Waals surface area contributed by atoms with Crippen LogP contribution in [-0.4, -0.2) is 18.0 Å². The summed E-state index contributed by atoms with van der Waals surface area (Å²) < 4.78 is 5.10.